The van der Waals surface area contributed by atoms with E-state index in [1.165, 1.54) is 11.4 Å². The van der Waals surface area contributed by atoms with Crippen molar-refractivity contribution in [3.63, 3.8) is 0 Å². The van der Waals surface area contributed by atoms with E-state index in [1.54, 1.807) is 12.3 Å². The van der Waals surface area contributed by atoms with Crippen molar-refractivity contribution >= 4 is 10.0 Å². The Morgan fingerprint density at radius 2 is 2.19 bits per heavy atom. The molecule has 0 spiro atoms. The summed E-state index contributed by atoms with van der Waals surface area (Å²) >= 11 is 0. The molecule has 0 unspecified atom stereocenters. The minimum absolute atomic E-state index is 0.0799. The summed E-state index contributed by atoms with van der Waals surface area (Å²) in [6.45, 7) is 4.89. The van der Waals surface area contributed by atoms with Crippen molar-refractivity contribution < 1.29 is 8.42 Å². The molecule has 116 valence electrons. The van der Waals surface area contributed by atoms with Crippen molar-refractivity contribution in [3.05, 3.63) is 18.0 Å². The first kappa shape index (κ1) is 16.1. The zero-order valence-corrected chi connectivity index (χ0v) is 13.7. The summed E-state index contributed by atoms with van der Waals surface area (Å²) in [4.78, 5) is 0.327. The number of aromatic nitrogens is 1. The fourth-order valence-electron chi connectivity index (χ4n) is 2.17. The fourth-order valence-corrected chi connectivity index (χ4v) is 3.31. The molecule has 2 rings (SSSR count). The quantitative estimate of drug-likeness (QED) is 0.778. The molecular weight excluding hydrogens is 286 g/mol. The first-order valence-electron chi connectivity index (χ1n) is 7.20. The van der Waals surface area contributed by atoms with Crippen LogP contribution < -0.4 is 5.32 Å². The molecule has 1 aliphatic carbocycles. The van der Waals surface area contributed by atoms with Crippen LogP contribution >= 0.6 is 0 Å². The molecule has 21 heavy (non-hydrogen) atoms. The summed E-state index contributed by atoms with van der Waals surface area (Å²) in [5.74, 6) is 2.37. The van der Waals surface area contributed by atoms with Crippen LogP contribution in [0.25, 0.3) is 0 Å². The molecule has 0 aromatic carbocycles. The lowest BCUT2D eigenvalue weighted by Gasteiger charge is -2.12. The van der Waals surface area contributed by atoms with Gasteiger partial charge in [0.15, 0.2) is 0 Å². The number of rotatable bonds is 7. The van der Waals surface area contributed by atoms with Gasteiger partial charge in [-0.1, -0.05) is 19.8 Å². The Morgan fingerprint density at radius 3 is 2.71 bits per heavy atom. The van der Waals surface area contributed by atoms with Crippen molar-refractivity contribution in [3.8, 4) is 12.3 Å². The molecule has 0 aliphatic heterocycles. The topological polar surface area (TPSA) is 54.3 Å². The molecular formula is C15H23N3O2S. The Balaban J connectivity index is 2.29. The average molecular weight is 309 g/mol. The fraction of sp³-hybridized carbons (Fsp3) is 0.600. The van der Waals surface area contributed by atoms with E-state index in [0.717, 1.165) is 18.5 Å². The van der Waals surface area contributed by atoms with Crippen LogP contribution in [0.1, 0.15) is 38.4 Å². The molecule has 5 nitrogen and oxygen atoms in total. The third kappa shape index (κ3) is 3.67. The summed E-state index contributed by atoms with van der Waals surface area (Å²) in [5.41, 5.74) is 1.01. The summed E-state index contributed by atoms with van der Waals surface area (Å²) in [6.07, 6.45) is 9.18. The van der Waals surface area contributed by atoms with Gasteiger partial charge in [-0.15, -0.1) is 6.42 Å². The van der Waals surface area contributed by atoms with Gasteiger partial charge in [0.05, 0.1) is 6.54 Å². The highest BCUT2D eigenvalue weighted by Crippen LogP contribution is 2.37. The molecule has 0 atom stereocenters. The second kappa shape index (κ2) is 6.22. The monoisotopic (exact) mass is 309 g/mol. The number of hydrogen-bond acceptors (Lipinski definition) is 3. The summed E-state index contributed by atoms with van der Waals surface area (Å²) < 4.78 is 28.2. The smallest absolute Gasteiger partial charge is 0.245 e. The second-order valence-corrected chi connectivity index (χ2v) is 7.85. The SMILES string of the molecule is C#CCN(C)S(=O)(=O)c1cc(CNC(C)C)n(C2CC2)c1. The van der Waals surface area contributed by atoms with Crippen molar-refractivity contribution in [2.45, 2.75) is 50.2 Å². The van der Waals surface area contributed by atoms with Crippen molar-refractivity contribution in [2.75, 3.05) is 13.6 Å². The molecule has 0 amide bonds. The molecule has 0 bridgehead atoms. The molecule has 1 heterocycles. The van der Waals surface area contributed by atoms with Crippen molar-refractivity contribution in [1.29, 1.82) is 0 Å². The van der Waals surface area contributed by atoms with E-state index in [1.807, 2.05) is 0 Å². The van der Waals surface area contributed by atoms with Gasteiger partial charge in [-0.25, -0.2) is 8.42 Å². The lowest BCUT2D eigenvalue weighted by Crippen LogP contribution is -2.27. The second-order valence-electron chi connectivity index (χ2n) is 5.81. The van der Waals surface area contributed by atoms with Crippen LogP contribution in [0, 0.1) is 12.3 Å². The van der Waals surface area contributed by atoms with E-state index in [4.69, 9.17) is 6.42 Å². The van der Waals surface area contributed by atoms with Gasteiger partial charge in [0, 0.05) is 37.6 Å². The number of hydrogen-bond donors (Lipinski definition) is 1. The van der Waals surface area contributed by atoms with E-state index in [-0.39, 0.29) is 6.54 Å². The van der Waals surface area contributed by atoms with Gasteiger partial charge >= 0.3 is 0 Å². The Hall–Kier alpha value is -1.29. The molecule has 1 N–H and O–H groups in total. The van der Waals surface area contributed by atoms with Crippen LogP contribution in [-0.2, 0) is 16.6 Å². The lowest BCUT2D eigenvalue weighted by molar-refractivity contribution is 0.502. The van der Waals surface area contributed by atoms with Crippen LogP contribution in [0.15, 0.2) is 17.2 Å². The molecule has 1 aromatic rings. The maximum absolute atomic E-state index is 12.5. The van der Waals surface area contributed by atoms with Crippen molar-refractivity contribution in [1.82, 2.24) is 14.2 Å². The first-order chi connectivity index (χ1) is 9.86. The largest absolute Gasteiger partial charge is 0.346 e. The van der Waals surface area contributed by atoms with Gasteiger partial charge in [-0.2, -0.15) is 4.31 Å². The van der Waals surface area contributed by atoms with Crippen LogP contribution in [0.2, 0.25) is 0 Å². The molecule has 1 aromatic heterocycles. The molecule has 0 saturated heterocycles. The maximum Gasteiger partial charge on any atom is 0.245 e. The van der Waals surface area contributed by atoms with Gasteiger partial charge < -0.3 is 9.88 Å². The molecule has 6 heteroatoms. The molecule has 0 radical (unpaired) electrons. The van der Waals surface area contributed by atoms with Crippen LogP contribution in [-0.4, -0.2) is 36.9 Å². The maximum atomic E-state index is 12.5. The highest BCUT2D eigenvalue weighted by Gasteiger charge is 2.29. The molecule has 1 aliphatic rings. The third-order valence-corrected chi connectivity index (χ3v) is 5.33. The Labute approximate surface area is 127 Å². The minimum atomic E-state index is -3.50. The number of terminal acetylenes is 1. The normalized spacial score (nSPS) is 15.6. The standard InChI is InChI=1S/C15H23N3O2S/c1-5-8-17(4)21(19,20)15-9-14(10-16-12(2)3)18(11-15)13-6-7-13/h1,9,11-13,16H,6-8,10H2,2-4H3. The Morgan fingerprint density at radius 1 is 1.52 bits per heavy atom. The predicted molar refractivity (Wildman–Crippen MR) is 83.3 cm³/mol. The summed E-state index contributed by atoms with van der Waals surface area (Å²) in [6, 6.07) is 2.56. The highest BCUT2D eigenvalue weighted by atomic mass is 32.2. The van der Waals surface area contributed by atoms with Gasteiger partial charge in [0.1, 0.15) is 4.90 Å². The van der Waals surface area contributed by atoms with Gasteiger partial charge in [0.25, 0.3) is 0 Å². The Kier molecular flexibility index (Phi) is 4.77. The van der Waals surface area contributed by atoms with E-state index in [9.17, 15) is 8.42 Å². The van der Waals surface area contributed by atoms with Gasteiger partial charge in [-0.05, 0) is 18.9 Å². The lowest BCUT2D eigenvalue weighted by atomic mass is 10.3. The summed E-state index contributed by atoms with van der Waals surface area (Å²) in [5, 5.41) is 3.34. The minimum Gasteiger partial charge on any atom is -0.346 e. The zero-order valence-electron chi connectivity index (χ0n) is 12.8. The van der Waals surface area contributed by atoms with E-state index in [2.05, 4.69) is 29.7 Å². The average Bonchev–Trinajstić information content (AvgIpc) is 3.16. The van der Waals surface area contributed by atoms with Crippen LogP contribution in [0.5, 0.6) is 0 Å². The van der Waals surface area contributed by atoms with Crippen molar-refractivity contribution in [2.24, 2.45) is 0 Å². The van der Waals surface area contributed by atoms with E-state index >= 15 is 0 Å². The van der Waals surface area contributed by atoms with Crippen LogP contribution in [0.4, 0.5) is 0 Å². The van der Waals surface area contributed by atoms with Crippen LogP contribution in [0.3, 0.4) is 0 Å². The Bertz CT molecular complexity index is 636. The number of nitrogens with one attached hydrogen (secondary N) is 1. The number of sulfonamides is 1. The van der Waals surface area contributed by atoms with Gasteiger partial charge in [0.2, 0.25) is 10.0 Å². The van der Waals surface area contributed by atoms with Gasteiger partial charge in [-0.3, -0.25) is 0 Å². The van der Waals surface area contributed by atoms with E-state index < -0.39 is 10.0 Å². The first-order valence-corrected chi connectivity index (χ1v) is 8.64. The predicted octanol–water partition coefficient (Wildman–Crippen LogP) is 1.57. The summed E-state index contributed by atoms with van der Waals surface area (Å²) in [7, 11) is -2.00. The highest BCUT2D eigenvalue weighted by molar-refractivity contribution is 7.89. The third-order valence-electron chi connectivity index (χ3n) is 3.56. The zero-order chi connectivity index (χ0) is 15.6. The molecule has 1 saturated carbocycles. The number of nitrogens with zero attached hydrogens (tertiary/aromatic N) is 2. The molecule has 1 fully saturated rings. The van der Waals surface area contributed by atoms with E-state index in [0.29, 0.717) is 23.5 Å².